The summed E-state index contributed by atoms with van der Waals surface area (Å²) in [7, 11) is 2.08. The molecular formula is C97H103Br4N23O10. The van der Waals surface area contributed by atoms with Crippen LogP contribution in [0.4, 0.5) is 29.1 Å². The van der Waals surface area contributed by atoms with Crippen molar-refractivity contribution in [3.8, 4) is 0 Å². The molecule has 4 aromatic carbocycles. The fraction of sp³-hybridized carbons (Fsp3) is 0.381. The minimum atomic E-state index is -0.949. The molecule has 4 spiro atoms. The normalized spacial score (nSPS) is 29.4. The second kappa shape index (κ2) is 34.9. The lowest BCUT2D eigenvalue weighted by molar-refractivity contribution is -0.0309. The van der Waals surface area contributed by atoms with Crippen molar-refractivity contribution in [1.29, 1.82) is 0 Å². The summed E-state index contributed by atoms with van der Waals surface area (Å²) in [4.78, 5) is 54.8. The fourth-order valence-electron chi connectivity index (χ4n) is 22.9. The van der Waals surface area contributed by atoms with E-state index in [1.54, 1.807) is 12.7 Å². The molecule has 24 rings (SSSR count). The molecular weight excluding hydrogens is 1970 g/mol. The van der Waals surface area contributed by atoms with Gasteiger partial charge in [0, 0.05) is 109 Å². The zero-order chi connectivity index (χ0) is 92.5. The number of pyridine rings is 4. The van der Waals surface area contributed by atoms with Crippen molar-refractivity contribution in [2.75, 3.05) is 62.0 Å². The second-order valence-electron chi connectivity index (χ2n) is 37.8. The van der Waals surface area contributed by atoms with E-state index in [-0.39, 0.29) is 55.9 Å². The Balaban J connectivity index is 0.000000111. The SMILES string of the molecule is C.Cc1ncnc2c1ccn2C1CC2(CC(c3ccc4cc(Br)c(N)nc4c3)N(C)C2)C(O)C1O.Cc1ncnc2c1ccn2C1CC2(CNC(c3ccc4cc(Br)c(N)nc4c3)C2)C(O)C1O.Cc1ncnc2c1ccn2C1CC2(COC(c3ccc4cc(Br)c(N)nc4c3)C2)C(O)C1O.Nc1nc2cc(C3CC4(CO3)CC(n3ccc5c(N)ncnc53)C(O)C4O)ccc2cc1Br. The first-order valence-corrected chi connectivity index (χ1v) is 47.5. The lowest BCUT2D eigenvalue weighted by Crippen LogP contribution is -2.38. The largest absolute Gasteiger partial charge is 0.390 e. The first-order chi connectivity index (χ1) is 63.8. The first kappa shape index (κ1) is 91.2. The molecule has 4 saturated carbocycles. The number of aliphatic hydroxyl groups excluding tert-OH is 8. The summed E-state index contributed by atoms with van der Waals surface area (Å²) in [5, 5.41) is 100. The molecule has 33 nitrogen and oxygen atoms in total. The van der Waals surface area contributed by atoms with Crippen molar-refractivity contribution in [1.82, 2.24) is 88.3 Å². The molecule has 4 aliphatic carbocycles. The predicted molar refractivity (Wildman–Crippen MR) is 525 cm³/mol. The van der Waals surface area contributed by atoms with Crippen LogP contribution in [0.2, 0.25) is 0 Å². The van der Waals surface area contributed by atoms with Crippen molar-refractivity contribution >= 4 is 181 Å². The molecule has 16 heterocycles. The summed E-state index contributed by atoms with van der Waals surface area (Å²) < 4.78 is 23.4. The number of ether oxygens (including phenoxy) is 2. The third-order valence-electron chi connectivity index (χ3n) is 30.1. The number of hydrogen-bond acceptors (Lipinski definition) is 29. The molecule has 12 aromatic heterocycles. The number of anilines is 5. The Morgan fingerprint density at radius 2 is 0.679 bits per heavy atom. The number of likely N-dealkylation sites (tertiary alicyclic amines) is 1. The molecule has 16 aromatic rings. The lowest BCUT2D eigenvalue weighted by atomic mass is 9.80. The van der Waals surface area contributed by atoms with Crippen LogP contribution in [-0.4, -0.2) is 206 Å². The molecule has 694 valence electrons. The molecule has 20 unspecified atom stereocenters. The van der Waals surface area contributed by atoms with Crippen LogP contribution >= 0.6 is 63.7 Å². The molecule has 134 heavy (non-hydrogen) atoms. The molecule has 4 aliphatic heterocycles. The lowest BCUT2D eigenvalue weighted by Gasteiger charge is -2.27. The van der Waals surface area contributed by atoms with E-state index in [1.807, 2.05) is 155 Å². The summed E-state index contributed by atoms with van der Waals surface area (Å²) in [6.07, 6.45) is 11.5. The molecule has 20 atom stereocenters. The zero-order valence-corrected chi connectivity index (χ0v) is 79.1. The van der Waals surface area contributed by atoms with Crippen LogP contribution < -0.4 is 34.0 Å². The number of nitrogen functional groups attached to an aromatic ring is 5. The van der Waals surface area contributed by atoms with Crippen molar-refractivity contribution in [3.63, 3.8) is 0 Å². The van der Waals surface area contributed by atoms with Gasteiger partial charge in [-0.1, -0.05) is 56.0 Å². The van der Waals surface area contributed by atoms with Crippen LogP contribution in [0.5, 0.6) is 0 Å². The molecule has 4 saturated heterocycles. The second-order valence-corrected chi connectivity index (χ2v) is 41.2. The number of hydrogen-bond donors (Lipinski definition) is 14. The Kier molecular flexibility index (Phi) is 23.8. The van der Waals surface area contributed by atoms with Crippen LogP contribution in [0.25, 0.3) is 87.7 Å². The average molecular weight is 2070 g/mol. The monoisotopic (exact) mass is 2070 g/mol. The maximum Gasteiger partial charge on any atom is 0.145 e. The van der Waals surface area contributed by atoms with Crippen molar-refractivity contribution in [3.05, 3.63) is 229 Å². The molecule has 0 bridgehead atoms. The van der Waals surface area contributed by atoms with Crippen LogP contribution in [0.15, 0.2) is 189 Å². The first-order valence-electron chi connectivity index (χ1n) is 44.3. The van der Waals surface area contributed by atoms with Gasteiger partial charge in [0.25, 0.3) is 0 Å². The zero-order valence-electron chi connectivity index (χ0n) is 72.8. The van der Waals surface area contributed by atoms with E-state index in [0.29, 0.717) is 99.6 Å². The number of aliphatic hydroxyl groups is 8. The summed E-state index contributed by atoms with van der Waals surface area (Å²) in [6.45, 7) is 7.92. The molecule has 0 radical (unpaired) electrons. The van der Waals surface area contributed by atoms with Gasteiger partial charge < -0.3 is 103 Å². The van der Waals surface area contributed by atoms with E-state index in [4.69, 9.17) is 38.1 Å². The van der Waals surface area contributed by atoms with Crippen LogP contribution in [0.3, 0.4) is 0 Å². The predicted octanol–water partition coefficient (Wildman–Crippen LogP) is 13.2. The standard InChI is InChI=1S/C25H27BrN6O2.C24H25BrN6O2.C24H24BrN5O3.C23H23BrN6O3.CH4/c1-13-16-5-6-32(24(16)29-12-28-13)20-10-25(22(34)21(20)33)9-19(31(2)11-25)15-4-3-14-7-17(26)23(27)30-18(14)8-15;1-12-15-4-5-31(23(15)29-11-28-12)19-9-24(21(33)20(19)32)8-18(27-10-24)14-3-2-13-6-16(25)22(26)30-17(13)7-14;1-12-15-4-5-30(23(15)28-11-27-12)18-8-24(21(32)20(18)31)9-19(33-10-24)14-3-2-13-6-16(25)22(26)29-17(13)7-14;24-14-5-11-1-2-12(6-15(11)29-21(14)26)17-8-23(9-33-17)7-16(18(31)19(23)32)30-4-3-13-20(25)27-10-28-22(13)30;/h3-8,12,19-22,33-34H,9-11H2,1-2H3,(H2,27,30);2-7,11,18-21,27,32-33H,8-10H2,1H3,(H2,26,30);2-7,11,18-21,31-32H,8-10H2,1H3,(H2,26,29);1-6,10,16-19,31-32H,7-9H2,(H2,26,29)(H2,25,27,28);1H4. The molecule has 8 fully saturated rings. The van der Waals surface area contributed by atoms with Gasteiger partial charge in [-0.3, -0.25) is 4.90 Å². The Bertz CT molecular complexity index is 6800. The van der Waals surface area contributed by atoms with Gasteiger partial charge in [0.15, 0.2) is 0 Å². The Morgan fingerprint density at radius 3 is 1.08 bits per heavy atom. The third kappa shape index (κ3) is 15.6. The van der Waals surface area contributed by atoms with Gasteiger partial charge in [0.2, 0.25) is 0 Å². The highest BCUT2D eigenvalue weighted by atomic mass is 79.9. The van der Waals surface area contributed by atoms with Gasteiger partial charge in [0.1, 0.15) is 101 Å². The van der Waals surface area contributed by atoms with Gasteiger partial charge in [0.05, 0.1) is 136 Å². The number of nitrogens with two attached hydrogens (primary N) is 5. The smallest absolute Gasteiger partial charge is 0.145 e. The molecule has 8 aliphatic rings. The number of halogens is 4. The third-order valence-corrected chi connectivity index (χ3v) is 32.6. The number of aromatic nitrogens is 16. The van der Waals surface area contributed by atoms with E-state index in [2.05, 4.69) is 171 Å². The van der Waals surface area contributed by atoms with E-state index >= 15 is 0 Å². The van der Waals surface area contributed by atoms with E-state index in [1.165, 1.54) is 12.7 Å². The molecule has 37 heteroatoms. The number of benzene rings is 4. The quantitative estimate of drug-likeness (QED) is 0.0672. The van der Waals surface area contributed by atoms with Gasteiger partial charge in [-0.15, -0.1) is 0 Å². The van der Waals surface area contributed by atoms with E-state index in [9.17, 15) is 40.9 Å². The van der Waals surface area contributed by atoms with Gasteiger partial charge in [-0.25, -0.2) is 59.8 Å². The Labute approximate surface area is 802 Å². The maximum absolute atomic E-state index is 11.3. The van der Waals surface area contributed by atoms with Crippen LogP contribution in [0.1, 0.15) is 147 Å². The average Bonchev–Trinajstić information content (AvgIpc) is 1.56. The summed E-state index contributed by atoms with van der Waals surface area (Å²) >= 11 is 13.7. The van der Waals surface area contributed by atoms with Gasteiger partial charge in [-0.2, -0.15) is 0 Å². The van der Waals surface area contributed by atoms with E-state index in [0.717, 1.165) is 152 Å². The van der Waals surface area contributed by atoms with Gasteiger partial charge in [-0.05, 0) is 238 Å². The summed E-state index contributed by atoms with van der Waals surface area (Å²) in [6, 6.07) is 39.2. The highest BCUT2D eigenvalue weighted by Gasteiger charge is 2.62. The number of rotatable bonds is 8. The summed E-state index contributed by atoms with van der Waals surface area (Å²) in [5.41, 5.74) is 41.2. The highest BCUT2D eigenvalue weighted by Crippen LogP contribution is 2.60. The minimum absolute atomic E-state index is 0. The van der Waals surface area contributed by atoms with Gasteiger partial charge >= 0.3 is 0 Å². The van der Waals surface area contributed by atoms with Crippen molar-refractivity contribution in [2.24, 2.45) is 21.7 Å². The highest BCUT2D eigenvalue weighted by molar-refractivity contribution is 9.11. The van der Waals surface area contributed by atoms with E-state index < -0.39 is 70.5 Å². The van der Waals surface area contributed by atoms with Crippen molar-refractivity contribution < 1.29 is 50.3 Å². The Morgan fingerprint density at radius 1 is 0.358 bits per heavy atom. The molecule has 0 amide bonds. The van der Waals surface area contributed by atoms with Crippen LogP contribution in [0, 0.1) is 42.4 Å². The molecule has 19 N–H and O–H groups in total. The van der Waals surface area contributed by atoms with Crippen LogP contribution in [-0.2, 0) is 9.47 Å². The Hall–Kier alpha value is -10.6. The summed E-state index contributed by atoms with van der Waals surface area (Å²) in [5.74, 6) is 2.20. The van der Waals surface area contributed by atoms with Crippen molar-refractivity contribution in [2.45, 2.75) is 177 Å². The fourth-order valence-corrected chi connectivity index (χ4v) is 24.3. The number of aryl methyl sites for hydroxylation is 3. The number of nitrogens with zero attached hydrogens (tertiary/aromatic N) is 17. The number of nitrogens with one attached hydrogen (secondary N) is 1. The topological polar surface area (TPSA) is 500 Å². The number of fused-ring (bicyclic) bond motifs is 8. The minimum Gasteiger partial charge on any atom is -0.390 e. The maximum atomic E-state index is 11.3.